The van der Waals surface area contributed by atoms with E-state index in [1.165, 1.54) is 12.8 Å². The van der Waals surface area contributed by atoms with E-state index < -0.39 is 0 Å². The van der Waals surface area contributed by atoms with Gasteiger partial charge in [0.2, 0.25) is 0 Å². The standard InChI is InChI=1S/C14H22BrN3/c1-5-8-16-12-10(15)11(9(2)3)17-13(18-12)14(4)6-7-14/h9H,5-8H2,1-4H3,(H,16,17,18). The third kappa shape index (κ3) is 2.68. The molecule has 3 nitrogen and oxygen atoms in total. The molecule has 2 rings (SSSR count). The van der Waals surface area contributed by atoms with Crippen molar-refractivity contribution in [1.82, 2.24) is 9.97 Å². The summed E-state index contributed by atoms with van der Waals surface area (Å²) in [5, 5.41) is 3.40. The van der Waals surface area contributed by atoms with Gasteiger partial charge in [0.15, 0.2) is 0 Å². The molecule has 100 valence electrons. The van der Waals surface area contributed by atoms with Crippen molar-refractivity contribution >= 4 is 21.7 Å². The van der Waals surface area contributed by atoms with Crippen molar-refractivity contribution in [3.8, 4) is 0 Å². The molecule has 0 spiro atoms. The lowest BCUT2D eigenvalue weighted by Crippen LogP contribution is -2.14. The molecule has 1 aliphatic rings. The summed E-state index contributed by atoms with van der Waals surface area (Å²) in [6.07, 6.45) is 3.51. The molecular weight excluding hydrogens is 290 g/mol. The Bertz CT molecular complexity index is 439. The van der Waals surface area contributed by atoms with Crippen LogP contribution in [0.3, 0.4) is 0 Å². The van der Waals surface area contributed by atoms with Gasteiger partial charge in [-0.2, -0.15) is 0 Å². The number of aromatic nitrogens is 2. The lowest BCUT2D eigenvalue weighted by Gasteiger charge is -2.17. The summed E-state index contributed by atoms with van der Waals surface area (Å²) in [6, 6.07) is 0. The smallest absolute Gasteiger partial charge is 0.144 e. The molecule has 1 aromatic rings. The molecule has 1 saturated carbocycles. The van der Waals surface area contributed by atoms with Gasteiger partial charge in [-0.1, -0.05) is 27.7 Å². The van der Waals surface area contributed by atoms with Crippen molar-refractivity contribution in [1.29, 1.82) is 0 Å². The predicted molar refractivity (Wildman–Crippen MR) is 79.2 cm³/mol. The van der Waals surface area contributed by atoms with Gasteiger partial charge in [0.05, 0.1) is 10.2 Å². The minimum atomic E-state index is 0.215. The minimum Gasteiger partial charge on any atom is -0.369 e. The average molecular weight is 312 g/mol. The maximum atomic E-state index is 4.78. The van der Waals surface area contributed by atoms with E-state index in [9.17, 15) is 0 Å². The van der Waals surface area contributed by atoms with Gasteiger partial charge in [0, 0.05) is 12.0 Å². The highest BCUT2D eigenvalue weighted by Gasteiger charge is 2.42. The summed E-state index contributed by atoms with van der Waals surface area (Å²) in [5.74, 6) is 2.37. The summed E-state index contributed by atoms with van der Waals surface area (Å²) in [7, 11) is 0. The number of halogens is 1. The van der Waals surface area contributed by atoms with Gasteiger partial charge in [-0.25, -0.2) is 9.97 Å². The van der Waals surface area contributed by atoms with Crippen LogP contribution in [-0.4, -0.2) is 16.5 Å². The predicted octanol–water partition coefficient (Wildman–Crippen LogP) is 4.24. The molecule has 0 bridgehead atoms. The third-order valence-electron chi connectivity index (χ3n) is 3.51. The molecule has 18 heavy (non-hydrogen) atoms. The first kappa shape index (κ1) is 13.8. The molecule has 0 unspecified atom stereocenters. The van der Waals surface area contributed by atoms with Crippen LogP contribution in [0, 0.1) is 0 Å². The summed E-state index contributed by atoms with van der Waals surface area (Å²) in [5.41, 5.74) is 1.33. The summed E-state index contributed by atoms with van der Waals surface area (Å²) >= 11 is 3.65. The van der Waals surface area contributed by atoms with E-state index in [0.717, 1.165) is 34.8 Å². The maximum absolute atomic E-state index is 4.78. The first-order valence-corrected chi connectivity index (χ1v) is 7.59. The quantitative estimate of drug-likeness (QED) is 0.884. The number of nitrogens with one attached hydrogen (secondary N) is 1. The van der Waals surface area contributed by atoms with Crippen molar-refractivity contribution < 1.29 is 0 Å². The van der Waals surface area contributed by atoms with Crippen LogP contribution in [0.4, 0.5) is 5.82 Å². The summed E-state index contributed by atoms with van der Waals surface area (Å²) < 4.78 is 1.03. The van der Waals surface area contributed by atoms with Crippen LogP contribution in [0.1, 0.15) is 64.4 Å². The Balaban J connectivity index is 2.41. The lowest BCUT2D eigenvalue weighted by atomic mass is 10.1. The first-order valence-electron chi connectivity index (χ1n) is 6.79. The Hall–Kier alpha value is -0.640. The molecule has 1 aliphatic carbocycles. The highest BCUT2D eigenvalue weighted by atomic mass is 79.9. The van der Waals surface area contributed by atoms with Gasteiger partial charge < -0.3 is 5.32 Å². The number of hydrogen-bond donors (Lipinski definition) is 1. The van der Waals surface area contributed by atoms with Crippen molar-refractivity contribution in [3.63, 3.8) is 0 Å². The number of anilines is 1. The lowest BCUT2D eigenvalue weighted by molar-refractivity contribution is 0.680. The van der Waals surface area contributed by atoms with Crippen LogP contribution in [0.5, 0.6) is 0 Å². The molecule has 0 atom stereocenters. The van der Waals surface area contributed by atoms with Gasteiger partial charge >= 0.3 is 0 Å². The summed E-state index contributed by atoms with van der Waals surface area (Å²) in [6.45, 7) is 9.72. The molecule has 4 heteroatoms. The number of hydrogen-bond acceptors (Lipinski definition) is 3. The van der Waals surface area contributed by atoms with E-state index >= 15 is 0 Å². The fraction of sp³-hybridized carbons (Fsp3) is 0.714. The largest absolute Gasteiger partial charge is 0.369 e. The third-order valence-corrected chi connectivity index (χ3v) is 4.29. The van der Waals surface area contributed by atoms with Crippen molar-refractivity contribution in [2.75, 3.05) is 11.9 Å². The van der Waals surface area contributed by atoms with E-state index in [4.69, 9.17) is 9.97 Å². The Morgan fingerprint density at radius 3 is 2.50 bits per heavy atom. The molecular formula is C14H22BrN3. The fourth-order valence-corrected chi connectivity index (χ4v) is 2.66. The SMILES string of the molecule is CCCNc1nc(C2(C)CC2)nc(C(C)C)c1Br. The molecule has 1 aromatic heterocycles. The zero-order valence-corrected chi connectivity index (χ0v) is 13.3. The Morgan fingerprint density at radius 2 is 2.00 bits per heavy atom. The summed E-state index contributed by atoms with van der Waals surface area (Å²) in [4.78, 5) is 9.49. The van der Waals surface area contributed by atoms with Gasteiger partial charge in [0.25, 0.3) is 0 Å². The second kappa shape index (κ2) is 5.16. The van der Waals surface area contributed by atoms with Crippen molar-refractivity contribution in [3.05, 3.63) is 16.0 Å². The monoisotopic (exact) mass is 311 g/mol. The van der Waals surface area contributed by atoms with Crippen molar-refractivity contribution in [2.45, 2.75) is 58.3 Å². The Kier molecular flexibility index (Phi) is 3.95. The molecule has 1 fully saturated rings. The molecule has 0 aromatic carbocycles. The van der Waals surface area contributed by atoms with Crippen molar-refractivity contribution in [2.24, 2.45) is 0 Å². The van der Waals surface area contributed by atoms with Gasteiger partial charge in [-0.3, -0.25) is 0 Å². The highest BCUT2D eigenvalue weighted by molar-refractivity contribution is 9.10. The van der Waals surface area contributed by atoms with Crippen LogP contribution >= 0.6 is 15.9 Å². The normalized spacial score (nSPS) is 17.0. The zero-order chi connectivity index (χ0) is 13.3. The van der Waals surface area contributed by atoms with Crippen LogP contribution < -0.4 is 5.32 Å². The topological polar surface area (TPSA) is 37.8 Å². The highest BCUT2D eigenvalue weighted by Crippen LogP contribution is 2.47. The Morgan fingerprint density at radius 1 is 1.33 bits per heavy atom. The van der Waals surface area contributed by atoms with Gasteiger partial charge in [-0.15, -0.1) is 0 Å². The minimum absolute atomic E-state index is 0.215. The second-order valence-electron chi connectivity index (χ2n) is 5.74. The molecule has 0 saturated heterocycles. The molecule has 1 N–H and O–H groups in total. The Labute approximate surface area is 118 Å². The maximum Gasteiger partial charge on any atom is 0.144 e. The molecule has 1 heterocycles. The second-order valence-corrected chi connectivity index (χ2v) is 6.53. The molecule has 0 amide bonds. The van der Waals surface area contributed by atoms with E-state index in [1.807, 2.05) is 0 Å². The van der Waals surface area contributed by atoms with E-state index in [0.29, 0.717) is 5.92 Å². The zero-order valence-electron chi connectivity index (χ0n) is 11.7. The number of nitrogens with zero attached hydrogens (tertiary/aromatic N) is 2. The van der Waals surface area contributed by atoms with Crippen LogP contribution in [0.15, 0.2) is 4.47 Å². The van der Waals surface area contributed by atoms with Gasteiger partial charge in [-0.05, 0) is 41.1 Å². The first-order chi connectivity index (χ1) is 8.48. The van der Waals surface area contributed by atoms with E-state index in [-0.39, 0.29) is 5.41 Å². The van der Waals surface area contributed by atoms with Crippen LogP contribution in [0.2, 0.25) is 0 Å². The number of rotatable bonds is 5. The van der Waals surface area contributed by atoms with Gasteiger partial charge in [0.1, 0.15) is 11.6 Å². The molecule has 0 radical (unpaired) electrons. The fourth-order valence-electron chi connectivity index (χ4n) is 1.89. The van der Waals surface area contributed by atoms with E-state index in [2.05, 4.69) is 48.9 Å². The average Bonchev–Trinajstić information content (AvgIpc) is 3.06. The van der Waals surface area contributed by atoms with E-state index in [1.54, 1.807) is 0 Å². The molecule has 0 aliphatic heterocycles. The van der Waals surface area contributed by atoms with Crippen LogP contribution in [-0.2, 0) is 5.41 Å². The van der Waals surface area contributed by atoms with Crippen LogP contribution in [0.25, 0.3) is 0 Å².